The van der Waals surface area contributed by atoms with Crippen LogP contribution in [0.1, 0.15) is 36.0 Å². The number of nitrogen functional groups attached to an aromatic ring is 1. The van der Waals surface area contributed by atoms with Gasteiger partial charge in [0.25, 0.3) is 11.5 Å². The van der Waals surface area contributed by atoms with Gasteiger partial charge in [-0.2, -0.15) is 4.98 Å². The van der Waals surface area contributed by atoms with Gasteiger partial charge < -0.3 is 47.2 Å². The first kappa shape index (κ1) is 31.8. The quantitative estimate of drug-likeness (QED) is 0.106. The van der Waals surface area contributed by atoms with Crippen molar-refractivity contribution >= 4 is 59.3 Å². The highest BCUT2D eigenvalue weighted by Crippen LogP contribution is 2.25. The van der Waals surface area contributed by atoms with Gasteiger partial charge in [-0.1, -0.05) is 0 Å². The molecule has 0 fully saturated rings. The normalized spacial score (nSPS) is 15.2. The molecule has 10 N–H and O–H groups in total. The highest BCUT2D eigenvalue weighted by atomic mass is 16.4. The van der Waals surface area contributed by atoms with Gasteiger partial charge in [0.15, 0.2) is 11.5 Å². The number of fused-ring (bicyclic) bond motifs is 1. The number of aromatic nitrogens is 2. The maximum Gasteiger partial charge on any atom is 0.326 e. The first-order chi connectivity index (χ1) is 20.4. The third-order valence-corrected chi connectivity index (χ3v) is 6.42. The zero-order chi connectivity index (χ0) is 31.7. The van der Waals surface area contributed by atoms with Crippen LogP contribution >= 0.6 is 0 Å². The molecular formula is C25H30N8O10. The minimum atomic E-state index is -1.47. The smallest absolute Gasteiger partial charge is 0.326 e. The van der Waals surface area contributed by atoms with Crippen molar-refractivity contribution in [3.05, 3.63) is 40.2 Å². The van der Waals surface area contributed by atoms with Gasteiger partial charge >= 0.3 is 17.9 Å². The fraction of sp³-hybridized carbons (Fsp3) is 0.360. The monoisotopic (exact) mass is 602 g/mol. The van der Waals surface area contributed by atoms with Crippen LogP contribution in [0.4, 0.5) is 23.1 Å². The topological polar surface area (TPSA) is 286 Å². The number of hydrogen-bond acceptors (Lipinski definition) is 11. The van der Waals surface area contributed by atoms with Gasteiger partial charge in [-0.3, -0.25) is 29.0 Å². The number of H-pyrrole nitrogens is 1. The number of hydrogen-bond donors (Lipinski definition) is 9. The largest absolute Gasteiger partial charge is 0.481 e. The maximum atomic E-state index is 12.7. The van der Waals surface area contributed by atoms with Crippen LogP contribution in [0.5, 0.6) is 0 Å². The summed E-state index contributed by atoms with van der Waals surface area (Å²) >= 11 is 0. The number of carbonyl (C=O) groups is 6. The molecule has 3 rings (SSSR count). The number of benzene rings is 1. The fourth-order valence-electron chi connectivity index (χ4n) is 4.19. The van der Waals surface area contributed by atoms with Gasteiger partial charge in [-0.05, 0) is 37.1 Å². The average Bonchev–Trinajstić information content (AvgIpc) is 2.95. The van der Waals surface area contributed by atoms with Crippen molar-refractivity contribution < 1.29 is 44.1 Å². The van der Waals surface area contributed by atoms with E-state index in [9.17, 15) is 38.7 Å². The minimum absolute atomic E-state index is 0.0274. The van der Waals surface area contributed by atoms with Crippen LogP contribution < -0.4 is 37.5 Å². The van der Waals surface area contributed by atoms with Crippen LogP contribution in [0, 0.1) is 0 Å². The van der Waals surface area contributed by atoms with E-state index in [1.54, 1.807) is 12.1 Å². The summed E-state index contributed by atoms with van der Waals surface area (Å²) in [5.74, 6) is -5.56. The van der Waals surface area contributed by atoms with E-state index >= 15 is 0 Å². The van der Waals surface area contributed by atoms with Gasteiger partial charge in [0, 0.05) is 37.2 Å². The average molecular weight is 603 g/mol. The Morgan fingerprint density at radius 3 is 2.26 bits per heavy atom. The van der Waals surface area contributed by atoms with Crippen LogP contribution in [0.3, 0.4) is 0 Å². The van der Waals surface area contributed by atoms with Crippen molar-refractivity contribution in [2.45, 2.75) is 43.8 Å². The second-order valence-corrected chi connectivity index (χ2v) is 9.45. The molecule has 1 aromatic heterocycles. The van der Waals surface area contributed by atoms with Gasteiger partial charge in [0.05, 0.1) is 6.04 Å². The first-order valence-electron chi connectivity index (χ1n) is 12.9. The summed E-state index contributed by atoms with van der Waals surface area (Å²) in [6.45, 7) is 0.478. The molecule has 0 saturated heterocycles. The number of anilines is 4. The molecule has 43 heavy (non-hydrogen) atoms. The molecule has 3 atom stereocenters. The Morgan fingerprint density at radius 1 is 1.02 bits per heavy atom. The van der Waals surface area contributed by atoms with E-state index < -0.39 is 66.2 Å². The molecule has 1 aromatic carbocycles. The Labute approximate surface area is 242 Å². The lowest BCUT2D eigenvalue weighted by Gasteiger charge is -2.34. The summed E-state index contributed by atoms with van der Waals surface area (Å²) in [5.41, 5.74) is 5.66. The van der Waals surface area contributed by atoms with Crippen molar-refractivity contribution in [1.82, 2.24) is 20.6 Å². The van der Waals surface area contributed by atoms with E-state index in [4.69, 9.17) is 15.9 Å². The molecule has 230 valence electrons. The van der Waals surface area contributed by atoms with Crippen molar-refractivity contribution in [2.75, 3.05) is 34.4 Å². The highest BCUT2D eigenvalue weighted by molar-refractivity contribution is 5.97. The Kier molecular flexibility index (Phi) is 10.6. The van der Waals surface area contributed by atoms with E-state index in [0.717, 1.165) is 0 Å². The molecule has 18 heteroatoms. The summed E-state index contributed by atoms with van der Waals surface area (Å²) in [6, 6.07) is 2.54. The maximum absolute atomic E-state index is 12.7. The number of carboxylic acid groups (broad SMARTS) is 3. The van der Waals surface area contributed by atoms with E-state index in [2.05, 4.69) is 31.2 Å². The van der Waals surface area contributed by atoms with Gasteiger partial charge in [0.2, 0.25) is 18.3 Å². The molecule has 3 amide bonds. The van der Waals surface area contributed by atoms with Gasteiger partial charge in [-0.15, -0.1) is 0 Å². The number of carbonyl (C=O) groups excluding carboxylic acids is 3. The molecule has 2 aromatic rings. The lowest BCUT2D eigenvalue weighted by Crippen LogP contribution is -2.50. The third kappa shape index (κ3) is 8.65. The van der Waals surface area contributed by atoms with Crippen LogP contribution in [-0.4, -0.2) is 92.6 Å². The number of aromatic amines is 1. The van der Waals surface area contributed by atoms with Gasteiger partial charge in [0.1, 0.15) is 12.1 Å². The van der Waals surface area contributed by atoms with Crippen LogP contribution in [0.25, 0.3) is 0 Å². The molecule has 0 bridgehead atoms. The molecular weight excluding hydrogens is 572 g/mol. The van der Waals surface area contributed by atoms with Crippen molar-refractivity contribution in [3.8, 4) is 0 Å². The molecule has 2 heterocycles. The Balaban J connectivity index is 1.54. The lowest BCUT2D eigenvalue weighted by molar-refractivity contribution is -0.143. The first-order valence-corrected chi connectivity index (χ1v) is 12.9. The third-order valence-electron chi connectivity index (χ3n) is 6.42. The highest BCUT2D eigenvalue weighted by Gasteiger charge is 2.30. The Hall–Kier alpha value is -5.68. The second kappa shape index (κ2) is 14.3. The number of carboxylic acids is 3. The number of rotatable bonds is 15. The van der Waals surface area contributed by atoms with Crippen LogP contribution in [-0.2, 0) is 24.0 Å². The summed E-state index contributed by atoms with van der Waals surface area (Å²) in [7, 11) is 0. The lowest BCUT2D eigenvalue weighted by atomic mass is 10.1. The predicted octanol–water partition coefficient (Wildman–Crippen LogP) is -1.38. The zero-order valence-electron chi connectivity index (χ0n) is 22.5. The zero-order valence-corrected chi connectivity index (χ0v) is 22.5. The van der Waals surface area contributed by atoms with E-state index in [-0.39, 0.29) is 48.9 Å². The molecule has 1 aliphatic rings. The molecule has 0 saturated carbocycles. The molecule has 0 spiro atoms. The summed E-state index contributed by atoms with van der Waals surface area (Å²) in [6.07, 6.45) is -1.12. The number of amides is 3. The summed E-state index contributed by atoms with van der Waals surface area (Å²) < 4.78 is 0. The summed E-state index contributed by atoms with van der Waals surface area (Å²) in [4.78, 5) is 90.0. The number of aliphatic carboxylic acids is 3. The number of nitrogens with zero attached hydrogens (tertiary/aromatic N) is 2. The van der Waals surface area contributed by atoms with E-state index in [0.29, 0.717) is 12.1 Å². The second-order valence-electron chi connectivity index (χ2n) is 9.45. The standard InChI is InChI=1S/C25H30N8O10/c26-25-31-20-19(22(39)32-25)33(11-34)14(10-28-20)9-27-13-3-1-12(2-4-13)21(38)30-16(24(42)43)5-7-17(35)29-15(23(40)41)6-8-18(36)37/h1-4,11,14-16,27H,5-10H2,(H,29,35)(H,30,38)(H,36,37)(H,40,41)(H,42,43)(H4,26,28,31,32,39)/t14-,15-,16-/m0/s1. The summed E-state index contributed by atoms with van der Waals surface area (Å²) in [5, 5.41) is 37.8. The van der Waals surface area contributed by atoms with Crippen LogP contribution in [0.15, 0.2) is 29.1 Å². The molecule has 0 aliphatic carbocycles. The predicted molar refractivity (Wildman–Crippen MR) is 150 cm³/mol. The number of nitrogens with two attached hydrogens (primary N) is 1. The SMILES string of the molecule is Nc1nc2c(c(=O)[nH]1)N(C=O)[C@@H](CNc1ccc(C(=O)N[C@@H](CCC(=O)N[C@@H](CCC(=O)O)C(=O)O)C(=O)O)cc1)CN2. The molecule has 0 radical (unpaired) electrons. The Bertz CT molecular complexity index is 1440. The van der Waals surface area contributed by atoms with E-state index in [1.807, 2.05) is 0 Å². The van der Waals surface area contributed by atoms with E-state index in [1.165, 1.54) is 17.0 Å². The molecule has 0 unspecified atom stereocenters. The van der Waals surface area contributed by atoms with Crippen LogP contribution in [0.2, 0.25) is 0 Å². The Morgan fingerprint density at radius 2 is 1.65 bits per heavy atom. The fourth-order valence-corrected chi connectivity index (χ4v) is 4.19. The molecule has 18 nitrogen and oxygen atoms in total. The van der Waals surface area contributed by atoms with Crippen molar-refractivity contribution in [2.24, 2.45) is 0 Å². The molecule has 1 aliphatic heterocycles. The van der Waals surface area contributed by atoms with Crippen molar-refractivity contribution in [3.63, 3.8) is 0 Å². The van der Waals surface area contributed by atoms with Crippen molar-refractivity contribution in [1.29, 1.82) is 0 Å². The number of nitrogens with one attached hydrogen (secondary N) is 5. The van der Waals surface area contributed by atoms with Gasteiger partial charge in [-0.25, -0.2) is 9.59 Å². The minimum Gasteiger partial charge on any atom is -0.481 e.